The molecule has 0 aromatic heterocycles. The number of ether oxygens (including phenoxy) is 1. The van der Waals surface area contributed by atoms with E-state index in [0.717, 1.165) is 5.56 Å². The summed E-state index contributed by atoms with van der Waals surface area (Å²) in [7, 11) is 0. The Kier molecular flexibility index (Phi) is 8.66. The van der Waals surface area contributed by atoms with Crippen molar-refractivity contribution in [2.45, 2.75) is 19.6 Å². The molecule has 0 saturated heterocycles. The van der Waals surface area contributed by atoms with Gasteiger partial charge in [0.1, 0.15) is 18.2 Å². The van der Waals surface area contributed by atoms with E-state index in [2.05, 4.69) is 5.32 Å². The minimum atomic E-state index is -0.501. The van der Waals surface area contributed by atoms with Gasteiger partial charge in [-0.05, 0) is 48.4 Å². The predicted octanol–water partition coefficient (Wildman–Crippen LogP) is 7.66. The summed E-state index contributed by atoms with van der Waals surface area (Å²) in [5, 5.41) is 13.8. The first kappa shape index (κ1) is 25.0. The van der Waals surface area contributed by atoms with Gasteiger partial charge in [-0.1, -0.05) is 82.8 Å². The van der Waals surface area contributed by atoms with Crippen molar-refractivity contribution < 1.29 is 9.53 Å². The lowest BCUT2D eigenvalue weighted by atomic mass is 10.1. The Morgan fingerprint density at radius 1 is 1.03 bits per heavy atom. The molecule has 0 aliphatic carbocycles. The fraction of sp³-hybridized carbons (Fsp3) is 0.120. The van der Waals surface area contributed by atoms with E-state index in [1.165, 1.54) is 6.08 Å². The van der Waals surface area contributed by atoms with E-state index in [-0.39, 0.29) is 34.0 Å². The van der Waals surface area contributed by atoms with E-state index in [4.69, 9.17) is 51.1 Å². The lowest BCUT2D eigenvalue weighted by Gasteiger charge is -2.14. The van der Waals surface area contributed by atoms with Crippen molar-refractivity contribution in [2.24, 2.45) is 0 Å². The second-order valence-electron chi connectivity index (χ2n) is 7.11. The molecule has 8 heteroatoms. The van der Waals surface area contributed by atoms with Gasteiger partial charge in [0.25, 0.3) is 5.91 Å². The lowest BCUT2D eigenvalue weighted by Crippen LogP contribution is -2.27. The summed E-state index contributed by atoms with van der Waals surface area (Å²) >= 11 is 24.8. The molecule has 0 radical (unpaired) electrons. The van der Waals surface area contributed by atoms with Crippen molar-refractivity contribution in [3.8, 4) is 11.8 Å². The van der Waals surface area contributed by atoms with Crippen LogP contribution in [0.2, 0.25) is 20.1 Å². The van der Waals surface area contributed by atoms with Crippen LogP contribution in [0.15, 0.2) is 66.2 Å². The first-order valence-electron chi connectivity index (χ1n) is 9.82. The molecule has 1 N–H and O–H groups in total. The molecule has 1 atom stereocenters. The molecule has 168 valence electrons. The maximum Gasteiger partial charge on any atom is 0.262 e. The third-order valence-corrected chi connectivity index (χ3v) is 5.88. The maximum atomic E-state index is 12.6. The number of hydrogen-bond donors (Lipinski definition) is 1. The standard InChI is InChI=1S/C25H18Cl4N2O2/c1-15(17-5-3-2-4-6-17)31-25(32)19(13-30)9-16-10-22(28)24(23(29)11-16)33-14-18-7-8-20(26)12-21(18)27/h2-12,15H,14H2,1H3,(H,31,32)/b19-9-/t15-/m0/s1. The van der Waals surface area contributed by atoms with Crippen LogP contribution in [0, 0.1) is 11.3 Å². The Bertz CT molecular complexity index is 1210. The number of carbonyl (C=O) groups is 1. The van der Waals surface area contributed by atoms with E-state index >= 15 is 0 Å². The highest BCUT2D eigenvalue weighted by atomic mass is 35.5. The molecule has 0 fully saturated rings. The summed E-state index contributed by atoms with van der Waals surface area (Å²) in [6, 6.07) is 19.3. The Morgan fingerprint density at radius 2 is 1.70 bits per heavy atom. The fourth-order valence-corrected chi connectivity index (χ4v) is 4.08. The maximum absolute atomic E-state index is 12.6. The molecular formula is C25H18Cl4N2O2. The first-order chi connectivity index (χ1) is 15.8. The minimum Gasteiger partial charge on any atom is -0.486 e. The molecule has 3 aromatic carbocycles. The van der Waals surface area contributed by atoms with Crippen LogP contribution in [0.25, 0.3) is 6.08 Å². The van der Waals surface area contributed by atoms with Gasteiger partial charge in [0.2, 0.25) is 0 Å². The number of nitriles is 1. The van der Waals surface area contributed by atoms with Gasteiger partial charge in [-0.2, -0.15) is 5.26 Å². The van der Waals surface area contributed by atoms with Gasteiger partial charge in [0, 0.05) is 15.6 Å². The van der Waals surface area contributed by atoms with Crippen molar-refractivity contribution in [3.63, 3.8) is 0 Å². The molecule has 4 nitrogen and oxygen atoms in total. The molecule has 1 amide bonds. The number of rotatable bonds is 7. The summed E-state index contributed by atoms with van der Waals surface area (Å²) in [4.78, 5) is 12.6. The van der Waals surface area contributed by atoms with Crippen molar-refractivity contribution in [1.82, 2.24) is 5.32 Å². The van der Waals surface area contributed by atoms with Crippen LogP contribution in [-0.2, 0) is 11.4 Å². The molecule has 0 aliphatic rings. The van der Waals surface area contributed by atoms with Crippen molar-refractivity contribution in [3.05, 3.63) is 103 Å². The highest BCUT2D eigenvalue weighted by Crippen LogP contribution is 2.36. The van der Waals surface area contributed by atoms with E-state index < -0.39 is 5.91 Å². The number of amides is 1. The minimum absolute atomic E-state index is 0.0773. The Morgan fingerprint density at radius 3 is 2.30 bits per heavy atom. The third kappa shape index (κ3) is 6.66. The largest absolute Gasteiger partial charge is 0.486 e. The highest BCUT2D eigenvalue weighted by Gasteiger charge is 2.16. The first-order valence-corrected chi connectivity index (χ1v) is 11.3. The SMILES string of the molecule is C[C@H](NC(=O)/C(C#N)=C\c1cc(Cl)c(OCc2ccc(Cl)cc2Cl)c(Cl)c1)c1ccccc1. The van der Waals surface area contributed by atoms with Gasteiger partial charge in [0.15, 0.2) is 5.75 Å². The Hall–Kier alpha value is -2.68. The molecule has 0 unspecified atom stereocenters. The van der Waals surface area contributed by atoms with Crippen LogP contribution >= 0.6 is 46.4 Å². The van der Waals surface area contributed by atoms with Crippen LogP contribution in [0.5, 0.6) is 5.75 Å². The number of nitrogens with zero attached hydrogens (tertiary/aromatic N) is 1. The van der Waals surface area contributed by atoms with Crippen molar-refractivity contribution >= 4 is 58.4 Å². The van der Waals surface area contributed by atoms with E-state index in [0.29, 0.717) is 21.2 Å². The topological polar surface area (TPSA) is 62.1 Å². The van der Waals surface area contributed by atoms with Gasteiger partial charge in [-0.25, -0.2) is 0 Å². The van der Waals surface area contributed by atoms with E-state index in [1.807, 2.05) is 43.3 Å². The quantitative estimate of drug-likeness (QED) is 0.257. The summed E-state index contributed by atoms with van der Waals surface area (Å²) < 4.78 is 5.75. The normalized spacial score (nSPS) is 12.1. The summed E-state index contributed by atoms with van der Waals surface area (Å²) in [5.74, 6) is -0.235. The van der Waals surface area contributed by atoms with Crippen LogP contribution < -0.4 is 10.1 Å². The van der Waals surface area contributed by atoms with Crippen LogP contribution in [0.4, 0.5) is 0 Å². The molecule has 0 bridgehead atoms. The molecule has 0 spiro atoms. The average Bonchev–Trinajstić information content (AvgIpc) is 2.78. The number of halogens is 4. The fourth-order valence-electron chi connectivity index (χ4n) is 3.00. The zero-order chi connectivity index (χ0) is 24.0. The van der Waals surface area contributed by atoms with E-state index in [9.17, 15) is 10.1 Å². The predicted molar refractivity (Wildman–Crippen MR) is 134 cm³/mol. The zero-order valence-corrected chi connectivity index (χ0v) is 20.4. The second kappa shape index (κ2) is 11.4. The highest BCUT2D eigenvalue weighted by molar-refractivity contribution is 6.37. The van der Waals surface area contributed by atoms with Crippen molar-refractivity contribution in [2.75, 3.05) is 0 Å². The van der Waals surface area contributed by atoms with Gasteiger partial charge in [0.05, 0.1) is 16.1 Å². The third-order valence-electron chi connectivity index (χ3n) is 4.73. The van der Waals surface area contributed by atoms with Gasteiger partial charge >= 0.3 is 0 Å². The van der Waals surface area contributed by atoms with Gasteiger partial charge < -0.3 is 10.1 Å². The second-order valence-corrected chi connectivity index (χ2v) is 8.77. The van der Waals surface area contributed by atoms with E-state index in [1.54, 1.807) is 30.3 Å². The van der Waals surface area contributed by atoms with Crippen LogP contribution in [0.3, 0.4) is 0 Å². The molecule has 0 aliphatic heterocycles. The van der Waals surface area contributed by atoms with Gasteiger partial charge in [-0.15, -0.1) is 0 Å². The monoisotopic (exact) mass is 518 g/mol. The summed E-state index contributed by atoms with van der Waals surface area (Å²) in [6.45, 7) is 1.98. The molecule has 3 rings (SSSR count). The van der Waals surface area contributed by atoms with Crippen molar-refractivity contribution in [1.29, 1.82) is 5.26 Å². The number of carbonyl (C=O) groups excluding carboxylic acids is 1. The summed E-state index contributed by atoms with van der Waals surface area (Å²) in [5.41, 5.74) is 2.05. The Balaban J connectivity index is 1.75. The molecular weight excluding hydrogens is 502 g/mol. The molecule has 33 heavy (non-hydrogen) atoms. The number of benzene rings is 3. The zero-order valence-electron chi connectivity index (χ0n) is 17.4. The van der Waals surface area contributed by atoms with Gasteiger partial charge in [-0.3, -0.25) is 4.79 Å². The van der Waals surface area contributed by atoms with Crippen LogP contribution in [0.1, 0.15) is 29.7 Å². The van der Waals surface area contributed by atoms with Crippen LogP contribution in [-0.4, -0.2) is 5.91 Å². The summed E-state index contributed by atoms with van der Waals surface area (Å²) in [6.07, 6.45) is 1.42. The Labute approximate surface area is 212 Å². The molecule has 0 heterocycles. The average molecular weight is 520 g/mol. The molecule has 3 aromatic rings. The number of hydrogen-bond acceptors (Lipinski definition) is 3. The molecule has 0 saturated carbocycles. The smallest absolute Gasteiger partial charge is 0.262 e. The number of nitrogens with one attached hydrogen (secondary N) is 1. The lowest BCUT2D eigenvalue weighted by molar-refractivity contribution is -0.117.